The van der Waals surface area contributed by atoms with Crippen molar-refractivity contribution in [2.45, 2.75) is 89.5 Å². The highest BCUT2D eigenvalue weighted by molar-refractivity contribution is 7.12. The maximum atomic E-state index is 13.8. The van der Waals surface area contributed by atoms with Crippen molar-refractivity contribution in [2.75, 3.05) is 13.1 Å². The van der Waals surface area contributed by atoms with Gasteiger partial charge in [-0.25, -0.2) is 18.7 Å². The number of thiazole rings is 2. The third-order valence-electron chi connectivity index (χ3n) is 7.77. The summed E-state index contributed by atoms with van der Waals surface area (Å²) in [6, 6.07) is 0. The van der Waals surface area contributed by atoms with Gasteiger partial charge in [0.1, 0.15) is 10.8 Å². The Kier molecular flexibility index (Phi) is 6.96. The van der Waals surface area contributed by atoms with Crippen LogP contribution >= 0.6 is 22.7 Å². The Hall–Kier alpha value is -1.25. The molecule has 8 heteroatoms. The lowest BCUT2D eigenvalue weighted by atomic mass is 9.78. The lowest BCUT2D eigenvalue weighted by Gasteiger charge is -2.34. The molecule has 0 spiro atoms. The van der Waals surface area contributed by atoms with Crippen molar-refractivity contribution in [3.8, 4) is 0 Å². The second kappa shape index (κ2) is 9.78. The fourth-order valence-electron chi connectivity index (χ4n) is 5.59. The largest absolute Gasteiger partial charge is 0.299 e. The van der Waals surface area contributed by atoms with Gasteiger partial charge in [-0.2, -0.15) is 0 Å². The number of hydrogen-bond acceptors (Lipinski definition) is 6. The molecular weight excluding hydrogens is 460 g/mol. The molecule has 0 saturated heterocycles. The first-order valence-electron chi connectivity index (χ1n) is 12.4. The zero-order chi connectivity index (χ0) is 23.0. The first kappa shape index (κ1) is 23.5. The quantitative estimate of drug-likeness (QED) is 0.441. The van der Waals surface area contributed by atoms with Crippen molar-refractivity contribution in [3.63, 3.8) is 0 Å². The maximum Gasteiger partial charge on any atom is 0.257 e. The molecule has 2 saturated carbocycles. The molecule has 4 nitrogen and oxygen atoms in total. The van der Waals surface area contributed by atoms with E-state index in [1.807, 2.05) is 13.1 Å². The molecular formula is C25H33F2N3OS2. The predicted octanol–water partition coefficient (Wildman–Crippen LogP) is 6.18. The van der Waals surface area contributed by atoms with E-state index < -0.39 is 11.8 Å². The van der Waals surface area contributed by atoms with Crippen molar-refractivity contribution >= 4 is 28.5 Å². The molecule has 2 aromatic heterocycles. The fraction of sp³-hybridized carbons (Fsp3) is 0.720. The highest BCUT2D eigenvalue weighted by Crippen LogP contribution is 2.51. The minimum Gasteiger partial charge on any atom is -0.299 e. The number of carbonyl (C=O) groups excluding carboxylic acids is 1. The van der Waals surface area contributed by atoms with Crippen molar-refractivity contribution in [3.05, 3.63) is 31.7 Å². The number of aromatic nitrogens is 2. The van der Waals surface area contributed by atoms with Crippen LogP contribution in [-0.2, 0) is 24.2 Å². The van der Waals surface area contributed by atoms with E-state index in [2.05, 4.69) is 14.9 Å². The first-order valence-corrected chi connectivity index (χ1v) is 14.0. The summed E-state index contributed by atoms with van der Waals surface area (Å²) < 4.78 is 27.6. The highest BCUT2D eigenvalue weighted by atomic mass is 32.1. The summed E-state index contributed by atoms with van der Waals surface area (Å²) >= 11 is 3.16. The van der Waals surface area contributed by atoms with Crippen molar-refractivity contribution in [1.29, 1.82) is 0 Å². The van der Waals surface area contributed by atoms with E-state index in [4.69, 9.17) is 0 Å². The fourth-order valence-corrected chi connectivity index (χ4v) is 7.67. The maximum absolute atomic E-state index is 13.8. The summed E-state index contributed by atoms with van der Waals surface area (Å²) in [5.74, 6) is -1.56. The van der Waals surface area contributed by atoms with E-state index in [0.29, 0.717) is 36.0 Å². The number of nitrogens with zero attached hydrogens (tertiary/aromatic N) is 3. The normalized spacial score (nSPS) is 27.2. The highest BCUT2D eigenvalue weighted by Gasteiger charge is 2.50. The first-order chi connectivity index (χ1) is 15.9. The molecule has 1 atom stereocenters. The molecule has 0 radical (unpaired) electrons. The van der Waals surface area contributed by atoms with Gasteiger partial charge in [0.2, 0.25) is 0 Å². The zero-order valence-corrected chi connectivity index (χ0v) is 21.0. The molecule has 1 aliphatic heterocycles. The Bertz CT molecular complexity index is 980. The van der Waals surface area contributed by atoms with Crippen LogP contribution in [0.25, 0.3) is 0 Å². The van der Waals surface area contributed by atoms with Gasteiger partial charge in [0.05, 0.1) is 16.6 Å². The van der Waals surface area contributed by atoms with Crippen LogP contribution in [0.4, 0.5) is 8.78 Å². The standard InChI is InChI=1S/C25H33F2N3OS2/c1-16-28-14-20(32-16)13-19(31)12-18-4-2-17(3-5-18)7-10-30-11-8-23-22(15-30)29-24(33-23)21-6-9-25(21,26)27/h14,17-18,21H,2-13,15H2,1H3. The number of ketones is 1. The molecule has 0 N–H and O–H groups in total. The molecule has 3 aliphatic rings. The topological polar surface area (TPSA) is 46.1 Å². The lowest BCUT2D eigenvalue weighted by molar-refractivity contribution is -0.119. The summed E-state index contributed by atoms with van der Waals surface area (Å²) in [5, 5.41) is 1.69. The molecule has 3 heterocycles. The SMILES string of the molecule is Cc1ncc(CC(=O)CC2CCC(CCN3CCc4sc(C5CCC5(F)F)nc4C3)CC2)s1. The van der Waals surface area contributed by atoms with Crippen LogP contribution in [0.5, 0.6) is 0 Å². The number of halogens is 2. The van der Waals surface area contributed by atoms with E-state index in [9.17, 15) is 13.6 Å². The summed E-state index contributed by atoms with van der Waals surface area (Å²) in [7, 11) is 0. The van der Waals surface area contributed by atoms with Crippen LogP contribution in [0, 0.1) is 18.8 Å². The van der Waals surface area contributed by atoms with Gasteiger partial charge in [-0.3, -0.25) is 9.69 Å². The Balaban J connectivity index is 1.03. The summed E-state index contributed by atoms with van der Waals surface area (Å²) in [6.07, 6.45) is 10.6. The van der Waals surface area contributed by atoms with E-state index in [-0.39, 0.29) is 6.42 Å². The summed E-state index contributed by atoms with van der Waals surface area (Å²) in [5.41, 5.74) is 1.04. The van der Waals surface area contributed by atoms with Crippen LogP contribution in [0.1, 0.15) is 82.7 Å². The minimum absolute atomic E-state index is 0.0102. The minimum atomic E-state index is -2.55. The summed E-state index contributed by atoms with van der Waals surface area (Å²) in [6.45, 7) is 4.86. The molecule has 180 valence electrons. The van der Waals surface area contributed by atoms with E-state index in [0.717, 1.165) is 60.4 Å². The van der Waals surface area contributed by atoms with Crippen molar-refractivity contribution in [1.82, 2.24) is 14.9 Å². The van der Waals surface area contributed by atoms with Gasteiger partial charge in [0, 0.05) is 48.3 Å². The predicted molar refractivity (Wildman–Crippen MR) is 128 cm³/mol. The van der Waals surface area contributed by atoms with Gasteiger partial charge in [-0.05, 0) is 57.4 Å². The average molecular weight is 494 g/mol. The van der Waals surface area contributed by atoms with Crippen LogP contribution in [0.2, 0.25) is 0 Å². The molecule has 2 aromatic rings. The molecule has 2 fully saturated rings. The van der Waals surface area contributed by atoms with Gasteiger partial charge < -0.3 is 0 Å². The number of carbonyl (C=O) groups is 1. The summed E-state index contributed by atoms with van der Waals surface area (Å²) in [4.78, 5) is 26.1. The second-order valence-corrected chi connectivity index (χ2v) is 12.7. The van der Waals surface area contributed by atoms with Crippen molar-refractivity contribution < 1.29 is 13.6 Å². The number of rotatable bonds is 8. The van der Waals surface area contributed by atoms with Gasteiger partial charge in [-0.15, -0.1) is 22.7 Å². The molecule has 5 rings (SSSR count). The monoisotopic (exact) mass is 493 g/mol. The average Bonchev–Trinajstić information content (AvgIpc) is 3.37. The van der Waals surface area contributed by atoms with E-state index in [1.54, 1.807) is 11.3 Å². The third kappa shape index (κ3) is 5.54. The molecule has 2 aliphatic carbocycles. The lowest BCUT2D eigenvalue weighted by Crippen LogP contribution is -2.36. The van der Waals surface area contributed by atoms with E-state index >= 15 is 0 Å². The van der Waals surface area contributed by atoms with Gasteiger partial charge in [-0.1, -0.05) is 12.8 Å². The number of alkyl halides is 2. The van der Waals surface area contributed by atoms with Crippen LogP contribution in [0.15, 0.2) is 6.20 Å². The Morgan fingerprint density at radius 1 is 1.18 bits per heavy atom. The molecule has 1 unspecified atom stereocenters. The zero-order valence-electron chi connectivity index (χ0n) is 19.3. The number of aryl methyl sites for hydroxylation is 1. The van der Waals surface area contributed by atoms with Crippen LogP contribution in [-0.4, -0.2) is 39.7 Å². The smallest absolute Gasteiger partial charge is 0.257 e. The van der Waals surface area contributed by atoms with Gasteiger partial charge in [0.25, 0.3) is 5.92 Å². The Labute approximate surface area is 202 Å². The van der Waals surface area contributed by atoms with Crippen molar-refractivity contribution in [2.24, 2.45) is 11.8 Å². The van der Waals surface area contributed by atoms with Gasteiger partial charge >= 0.3 is 0 Å². The molecule has 0 amide bonds. The number of hydrogen-bond donors (Lipinski definition) is 0. The van der Waals surface area contributed by atoms with E-state index in [1.165, 1.54) is 35.5 Å². The Morgan fingerprint density at radius 2 is 1.97 bits per heavy atom. The number of Topliss-reactive ketones (excluding diaryl/α,β-unsaturated/α-hetero) is 1. The van der Waals surface area contributed by atoms with Crippen LogP contribution in [0.3, 0.4) is 0 Å². The third-order valence-corrected chi connectivity index (χ3v) is 9.96. The van der Waals surface area contributed by atoms with Crippen LogP contribution < -0.4 is 0 Å². The molecule has 0 bridgehead atoms. The van der Waals surface area contributed by atoms with Gasteiger partial charge in [0.15, 0.2) is 0 Å². The number of fused-ring (bicyclic) bond motifs is 1. The Morgan fingerprint density at radius 3 is 2.64 bits per heavy atom. The molecule has 0 aromatic carbocycles. The molecule has 33 heavy (non-hydrogen) atoms. The second-order valence-electron chi connectivity index (χ2n) is 10.2.